The molecule has 5 heteroatoms. The second kappa shape index (κ2) is 5.77. The van der Waals surface area contributed by atoms with Crippen molar-refractivity contribution < 1.29 is 19.0 Å². The van der Waals surface area contributed by atoms with Crippen LogP contribution in [0.3, 0.4) is 0 Å². The Kier molecular flexibility index (Phi) is 3.80. The lowest BCUT2D eigenvalue weighted by molar-refractivity contribution is -0.122. The van der Waals surface area contributed by atoms with Crippen molar-refractivity contribution in [2.24, 2.45) is 5.92 Å². The molecular weight excluding hydrogens is 318 g/mol. The first-order valence-corrected chi connectivity index (χ1v) is 8.79. The lowest BCUT2D eigenvalue weighted by Gasteiger charge is -2.56. The molecule has 0 N–H and O–H groups in total. The molecule has 4 rings (SSSR count). The zero-order valence-corrected chi connectivity index (χ0v) is 15.3. The minimum atomic E-state index is -0.163. The number of benzene rings is 1. The van der Waals surface area contributed by atoms with E-state index in [1.807, 2.05) is 0 Å². The van der Waals surface area contributed by atoms with Crippen molar-refractivity contribution in [2.45, 2.75) is 30.7 Å². The number of nitrogens with zero attached hydrogens (tertiary/aromatic N) is 1. The maximum absolute atomic E-state index is 12.5. The van der Waals surface area contributed by atoms with Crippen molar-refractivity contribution in [2.75, 3.05) is 34.9 Å². The molecule has 1 heterocycles. The molecule has 0 unspecified atom stereocenters. The normalized spacial score (nSPS) is 30.9. The number of Topliss-reactive ketones (excluding diaryl/α,β-unsaturated/α-hetero) is 1. The number of methoxy groups -OCH3 is 3. The summed E-state index contributed by atoms with van der Waals surface area (Å²) in [6.07, 6.45) is 4.55. The number of carbonyl (C=O) groups excluding carboxylic acids is 1. The van der Waals surface area contributed by atoms with Gasteiger partial charge in [-0.1, -0.05) is 0 Å². The largest absolute Gasteiger partial charge is 0.493 e. The van der Waals surface area contributed by atoms with Crippen LogP contribution >= 0.6 is 0 Å². The standard InChI is InChI=1S/C20H25NO4/c1-21-6-5-20-11-19(25-4)16(22)9-14(20)15(21)7-12-8-17(23-2)18(24-3)10-13(12)20/h8,10-11,14-15H,5-7,9H2,1-4H3/t14-,15+,20-/m0/s1. The van der Waals surface area contributed by atoms with Gasteiger partial charge in [-0.25, -0.2) is 0 Å². The van der Waals surface area contributed by atoms with Crippen LogP contribution in [0.4, 0.5) is 0 Å². The Labute approximate surface area is 148 Å². The van der Waals surface area contributed by atoms with Gasteiger partial charge in [0.15, 0.2) is 23.0 Å². The Hall–Kier alpha value is -2.01. The van der Waals surface area contributed by atoms with Crippen LogP contribution in [0.15, 0.2) is 24.0 Å². The number of fused-ring (bicyclic) bond motifs is 1. The zero-order chi connectivity index (χ0) is 17.8. The van der Waals surface area contributed by atoms with E-state index < -0.39 is 0 Å². The van der Waals surface area contributed by atoms with Gasteiger partial charge in [0.05, 0.1) is 21.3 Å². The van der Waals surface area contributed by atoms with E-state index in [1.165, 1.54) is 11.1 Å². The number of ether oxygens (including phenoxy) is 3. The van der Waals surface area contributed by atoms with Crippen LogP contribution in [-0.4, -0.2) is 51.6 Å². The van der Waals surface area contributed by atoms with Gasteiger partial charge in [-0.2, -0.15) is 0 Å². The second-order valence-electron chi connectivity index (χ2n) is 7.35. The third-order valence-corrected chi connectivity index (χ3v) is 6.40. The summed E-state index contributed by atoms with van der Waals surface area (Å²) in [4.78, 5) is 14.9. The molecule has 0 amide bonds. The van der Waals surface area contributed by atoms with Crippen molar-refractivity contribution in [1.29, 1.82) is 0 Å². The highest BCUT2D eigenvalue weighted by Gasteiger charge is 2.55. The summed E-state index contributed by atoms with van der Waals surface area (Å²) in [5, 5.41) is 0. The number of hydrogen-bond acceptors (Lipinski definition) is 5. The summed E-state index contributed by atoms with van der Waals surface area (Å²) in [7, 11) is 7.09. The van der Waals surface area contributed by atoms with Gasteiger partial charge < -0.3 is 19.1 Å². The minimum absolute atomic E-state index is 0.118. The van der Waals surface area contributed by atoms with Gasteiger partial charge in [-0.3, -0.25) is 4.79 Å². The van der Waals surface area contributed by atoms with Gasteiger partial charge in [0, 0.05) is 17.9 Å². The molecule has 2 aliphatic carbocycles. The van der Waals surface area contributed by atoms with E-state index >= 15 is 0 Å². The fourth-order valence-electron chi connectivity index (χ4n) is 5.11. The molecule has 1 aromatic carbocycles. The molecule has 1 fully saturated rings. The Morgan fingerprint density at radius 1 is 1.08 bits per heavy atom. The number of likely N-dealkylation sites (N-methyl/N-ethyl adjacent to an activating group) is 1. The third kappa shape index (κ3) is 2.21. The molecule has 2 bridgehead atoms. The molecule has 1 aliphatic heterocycles. The Morgan fingerprint density at radius 2 is 1.80 bits per heavy atom. The van der Waals surface area contributed by atoms with Crippen molar-refractivity contribution in [3.8, 4) is 11.5 Å². The number of hydrogen-bond donors (Lipinski definition) is 0. The first-order valence-electron chi connectivity index (χ1n) is 8.79. The van der Waals surface area contributed by atoms with Crippen LogP contribution in [0.5, 0.6) is 11.5 Å². The Balaban J connectivity index is 1.96. The molecule has 5 nitrogen and oxygen atoms in total. The van der Waals surface area contributed by atoms with Gasteiger partial charge in [0.2, 0.25) is 0 Å². The predicted octanol–water partition coefficient (Wildman–Crippen LogP) is 2.32. The van der Waals surface area contributed by atoms with Crippen LogP contribution in [0, 0.1) is 5.92 Å². The van der Waals surface area contributed by atoms with Crippen LogP contribution in [-0.2, 0) is 21.4 Å². The van der Waals surface area contributed by atoms with E-state index in [2.05, 4.69) is 30.2 Å². The molecule has 0 saturated carbocycles. The Morgan fingerprint density at radius 3 is 2.48 bits per heavy atom. The number of likely N-dealkylation sites (tertiary alicyclic amines) is 1. The lowest BCUT2D eigenvalue weighted by Crippen LogP contribution is -2.60. The van der Waals surface area contributed by atoms with Crippen molar-refractivity contribution in [3.63, 3.8) is 0 Å². The fraction of sp³-hybridized carbons (Fsp3) is 0.550. The minimum Gasteiger partial charge on any atom is -0.493 e. The SMILES string of the molecule is COC1=C[C@@]23CCN(C)[C@H](Cc4cc(OC)c(OC)cc42)[C@@H]3CC1=O. The number of carbonyl (C=O) groups is 1. The van der Waals surface area contributed by atoms with Crippen molar-refractivity contribution >= 4 is 5.78 Å². The molecule has 1 saturated heterocycles. The highest BCUT2D eigenvalue weighted by molar-refractivity contribution is 5.95. The molecule has 0 aromatic heterocycles. The highest BCUT2D eigenvalue weighted by atomic mass is 16.5. The summed E-state index contributed by atoms with van der Waals surface area (Å²) in [6, 6.07) is 4.58. The smallest absolute Gasteiger partial charge is 0.197 e. The van der Waals surface area contributed by atoms with Crippen LogP contribution < -0.4 is 9.47 Å². The maximum atomic E-state index is 12.5. The number of allylic oxidation sites excluding steroid dienone is 2. The number of rotatable bonds is 3. The molecule has 25 heavy (non-hydrogen) atoms. The van der Waals surface area contributed by atoms with E-state index in [0.29, 0.717) is 18.2 Å². The highest BCUT2D eigenvalue weighted by Crippen LogP contribution is 2.55. The summed E-state index contributed by atoms with van der Waals surface area (Å²) < 4.78 is 16.5. The summed E-state index contributed by atoms with van der Waals surface area (Å²) in [6.45, 7) is 1.01. The molecule has 3 aliphatic rings. The fourth-order valence-corrected chi connectivity index (χ4v) is 5.11. The first kappa shape index (κ1) is 16.5. The molecule has 0 spiro atoms. The summed E-state index contributed by atoms with van der Waals surface area (Å²) in [5.41, 5.74) is 2.39. The van der Waals surface area contributed by atoms with Crippen LogP contribution in [0.2, 0.25) is 0 Å². The number of ketones is 1. The zero-order valence-electron chi connectivity index (χ0n) is 15.3. The van der Waals surface area contributed by atoms with E-state index in [9.17, 15) is 4.79 Å². The van der Waals surface area contributed by atoms with E-state index in [0.717, 1.165) is 30.9 Å². The third-order valence-electron chi connectivity index (χ3n) is 6.40. The summed E-state index contributed by atoms with van der Waals surface area (Å²) >= 11 is 0. The molecule has 134 valence electrons. The van der Waals surface area contributed by atoms with Crippen molar-refractivity contribution in [1.82, 2.24) is 4.90 Å². The average molecular weight is 343 g/mol. The molecule has 1 aromatic rings. The van der Waals surface area contributed by atoms with E-state index in [4.69, 9.17) is 14.2 Å². The molecule has 0 radical (unpaired) electrons. The maximum Gasteiger partial charge on any atom is 0.197 e. The molecule has 3 atom stereocenters. The average Bonchev–Trinajstić information content (AvgIpc) is 2.63. The predicted molar refractivity (Wildman–Crippen MR) is 94.2 cm³/mol. The van der Waals surface area contributed by atoms with Gasteiger partial charge in [-0.05, 0) is 61.7 Å². The second-order valence-corrected chi connectivity index (χ2v) is 7.35. The first-order chi connectivity index (χ1) is 12.0. The lowest BCUT2D eigenvalue weighted by atomic mass is 9.54. The van der Waals surface area contributed by atoms with Gasteiger partial charge in [0.25, 0.3) is 0 Å². The van der Waals surface area contributed by atoms with Crippen LogP contribution in [0.25, 0.3) is 0 Å². The Bertz CT molecular complexity index is 756. The van der Waals surface area contributed by atoms with Crippen molar-refractivity contribution in [3.05, 3.63) is 35.1 Å². The van der Waals surface area contributed by atoms with E-state index in [1.54, 1.807) is 21.3 Å². The van der Waals surface area contributed by atoms with Gasteiger partial charge in [0.1, 0.15) is 0 Å². The molecular formula is C20H25NO4. The van der Waals surface area contributed by atoms with Gasteiger partial charge in [-0.15, -0.1) is 0 Å². The summed E-state index contributed by atoms with van der Waals surface area (Å²) in [5.74, 6) is 2.41. The number of piperidine rings is 1. The monoisotopic (exact) mass is 343 g/mol. The quantitative estimate of drug-likeness (QED) is 0.843. The van der Waals surface area contributed by atoms with Crippen LogP contribution in [0.1, 0.15) is 24.0 Å². The topological polar surface area (TPSA) is 48.0 Å². The van der Waals surface area contributed by atoms with Gasteiger partial charge >= 0.3 is 0 Å². The van der Waals surface area contributed by atoms with E-state index in [-0.39, 0.29) is 17.1 Å².